The molecule has 6 radical (unpaired) electrons. The number of hydrogen-bond acceptors (Lipinski definition) is 11. The predicted molar refractivity (Wildman–Crippen MR) is 173 cm³/mol. The maximum Gasteiger partial charge on any atom is 0.328 e. The van der Waals surface area contributed by atoms with Crippen molar-refractivity contribution in [3.8, 4) is 0 Å². The average Bonchev–Trinajstić information content (AvgIpc) is 3.55. The lowest BCUT2D eigenvalue weighted by Crippen LogP contribution is -2.41. The van der Waals surface area contributed by atoms with Crippen molar-refractivity contribution in [1.29, 1.82) is 0 Å². The van der Waals surface area contributed by atoms with Gasteiger partial charge in [-0.3, -0.25) is 13.7 Å². The van der Waals surface area contributed by atoms with Crippen molar-refractivity contribution >= 4 is 46.1 Å². The van der Waals surface area contributed by atoms with Gasteiger partial charge in [-0.15, -0.1) is 0 Å². The molecule has 12 atom stereocenters. The lowest BCUT2D eigenvalue weighted by Gasteiger charge is -2.38. The Hall–Kier alpha value is 0.565. The lowest BCUT2D eigenvalue weighted by atomic mass is 9.81. The van der Waals surface area contributed by atoms with E-state index in [4.69, 9.17) is 60.4 Å². The highest BCUT2D eigenvalue weighted by Gasteiger charge is 2.49. The van der Waals surface area contributed by atoms with E-state index < -0.39 is 58.0 Å². The third-order valence-electron chi connectivity index (χ3n) is 8.78. The highest BCUT2D eigenvalue weighted by molar-refractivity contribution is 7.58. The van der Waals surface area contributed by atoms with E-state index in [0.717, 1.165) is 0 Å². The highest BCUT2D eigenvalue weighted by atomic mass is 31.2. The predicted octanol–water partition coefficient (Wildman–Crippen LogP) is 4.92. The Morgan fingerprint density at radius 1 is 0.659 bits per heavy atom. The van der Waals surface area contributed by atoms with E-state index in [-0.39, 0.29) is 49.7 Å². The van der Waals surface area contributed by atoms with E-state index in [1.54, 1.807) is 41.3 Å². The molecule has 12 unspecified atom stereocenters. The molecule has 3 aliphatic heterocycles. The van der Waals surface area contributed by atoms with Gasteiger partial charge in [-0.05, 0) is 52.9 Å². The number of ether oxygens (including phenoxy) is 3. The molecule has 3 rings (SSSR count). The van der Waals surface area contributed by atoms with E-state index in [2.05, 4.69) is 0 Å². The Bertz CT molecular complexity index is 1110. The third-order valence-corrected chi connectivity index (χ3v) is 13.5. The zero-order chi connectivity index (χ0) is 33.3. The summed E-state index contributed by atoms with van der Waals surface area (Å²) in [5, 5.41) is 0. The van der Waals surface area contributed by atoms with Gasteiger partial charge in [0.25, 0.3) is 0 Å². The normalized spacial score (nSPS) is 37.4. The molecule has 0 aromatic carbocycles. The average molecular weight is 676 g/mol. The van der Waals surface area contributed by atoms with Crippen LogP contribution in [0.4, 0.5) is 0 Å². The zero-order valence-corrected chi connectivity index (χ0v) is 30.4. The Morgan fingerprint density at radius 2 is 1.02 bits per heavy atom. The standard InChI is InChI=1S/C27H50B3O11P3/c1-10-42(7,31)34-15-21-18(12-24(29)38-21)26(3,4)41-44(9,33)36-16-22-19(13-25(30)39-22)27(5,6)40-43(8,32)35-14-20-17(2)11-23(28)37-20/h17-25H,10-16H2,1-9H3. The molecule has 44 heavy (non-hydrogen) atoms. The molecule has 0 N–H and O–H groups in total. The zero-order valence-electron chi connectivity index (χ0n) is 27.7. The van der Waals surface area contributed by atoms with Gasteiger partial charge in [-0.1, -0.05) is 13.8 Å². The van der Waals surface area contributed by atoms with Crippen LogP contribution in [0.3, 0.4) is 0 Å². The minimum atomic E-state index is -3.65. The first-order valence-electron chi connectivity index (χ1n) is 15.3. The van der Waals surface area contributed by atoms with Gasteiger partial charge in [-0.2, -0.15) is 0 Å². The summed E-state index contributed by atoms with van der Waals surface area (Å²) in [7, 11) is 8.17. The Kier molecular flexibility index (Phi) is 13.3. The minimum Gasteiger partial charge on any atom is -0.382 e. The first-order valence-corrected chi connectivity index (χ1v) is 21.6. The summed E-state index contributed by atoms with van der Waals surface area (Å²) in [5.74, 6) is -0.482. The third kappa shape index (κ3) is 11.1. The van der Waals surface area contributed by atoms with Crippen molar-refractivity contribution < 1.29 is 50.5 Å². The van der Waals surface area contributed by atoms with Crippen LogP contribution >= 0.6 is 22.6 Å². The molecule has 3 aliphatic rings. The van der Waals surface area contributed by atoms with Gasteiger partial charge in [0, 0.05) is 56.0 Å². The molecule has 248 valence electrons. The van der Waals surface area contributed by atoms with Gasteiger partial charge in [0.15, 0.2) is 7.37 Å². The topological polar surface area (TPSA) is 125 Å². The van der Waals surface area contributed by atoms with Gasteiger partial charge in [0.1, 0.15) is 23.5 Å². The summed E-state index contributed by atoms with van der Waals surface area (Å²) in [6.45, 7) is 15.5. The van der Waals surface area contributed by atoms with Crippen LogP contribution in [0, 0.1) is 17.8 Å². The van der Waals surface area contributed by atoms with Gasteiger partial charge in [-0.25, -0.2) is 0 Å². The van der Waals surface area contributed by atoms with Crippen LogP contribution in [0.1, 0.15) is 60.8 Å². The van der Waals surface area contributed by atoms with Crippen molar-refractivity contribution in [3.05, 3.63) is 0 Å². The molecule has 17 heteroatoms. The van der Waals surface area contributed by atoms with Gasteiger partial charge in [0.05, 0.1) is 49.3 Å². The van der Waals surface area contributed by atoms with Crippen LogP contribution in [0.25, 0.3) is 0 Å². The molecule has 3 fully saturated rings. The highest BCUT2D eigenvalue weighted by Crippen LogP contribution is 2.55. The quantitative estimate of drug-likeness (QED) is 0.164. The van der Waals surface area contributed by atoms with Crippen molar-refractivity contribution in [2.75, 3.05) is 46.0 Å². The van der Waals surface area contributed by atoms with E-state index in [0.29, 0.717) is 25.4 Å². The monoisotopic (exact) mass is 676 g/mol. The van der Waals surface area contributed by atoms with E-state index in [9.17, 15) is 13.7 Å². The SMILES string of the molecule is [B]C1CC(C)C(COP(C)(=O)OC(C)(C)C2CC([B])OC2COP(C)(=O)OC(C)(C)C2CC([B])OC2COP(C)(=O)CC)O1. The summed E-state index contributed by atoms with van der Waals surface area (Å²) in [6.07, 6.45) is 0.559. The fourth-order valence-corrected chi connectivity index (χ4v) is 9.81. The van der Waals surface area contributed by atoms with Gasteiger partial charge >= 0.3 is 15.2 Å². The molecule has 0 aliphatic carbocycles. The molecule has 3 heterocycles. The Balaban J connectivity index is 1.60. The molecule has 0 spiro atoms. The van der Waals surface area contributed by atoms with Crippen LogP contribution in [-0.4, -0.2) is 117 Å². The molecule has 0 aromatic rings. The van der Waals surface area contributed by atoms with Gasteiger partial charge in [0.2, 0.25) is 0 Å². The fraction of sp³-hybridized carbons (Fsp3) is 1.00. The molecular formula is C27H50B3O11P3. The molecule has 3 saturated heterocycles. The Labute approximate surface area is 268 Å². The second kappa shape index (κ2) is 15.0. The lowest BCUT2D eigenvalue weighted by molar-refractivity contribution is -0.0504. The second-order valence-electron chi connectivity index (χ2n) is 13.7. The maximum absolute atomic E-state index is 13.6. The van der Waals surface area contributed by atoms with Crippen LogP contribution in [0.2, 0.25) is 0 Å². The second-order valence-corrected chi connectivity index (χ2v) is 20.6. The van der Waals surface area contributed by atoms with E-state index in [1.807, 2.05) is 6.92 Å². The number of hydrogen-bond donors (Lipinski definition) is 0. The molecular weight excluding hydrogens is 626 g/mol. The molecule has 0 aromatic heterocycles. The van der Waals surface area contributed by atoms with Crippen LogP contribution in [-0.2, 0) is 50.5 Å². The van der Waals surface area contributed by atoms with Crippen LogP contribution in [0.5, 0.6) is 0 Å². The van der Waals surface area contributed by atoms with Crippen LogP contribution < -0.4 is 0 Å². The van der Waals surface area contributed by atoms with Crippen molar-refractivity contribution in [2.24, 2.45) is 17.8 Å². The molecule has 0 bridgehead atoms. The van der Waals surface area contributed by atoms with E-state index in [1.165, 1.54) is 13.3 Å². The van der Waals surface area contributed by atoms with Crippen LogP contribution in [0.15, 0.2) is 0 Å². The van der Waals surface area contributed by atoms with Gasteiger partial charge < -0.3 is 36.8 Å². The largest absolute Gasteiger partial charge is 0.382 e. The molecule has 0 amide bonds. The molecule has 11 nitrogen and oxygen atoms in total. The van der Waals surface area contributed by atoms with E-state index >= 15 is 0 Å². The van der Waals surface area contributed by atoms with Crippen molar-refractivity contribution in [1.82, 2.24) is 0 Å². The van der Waals surface area contributed by atoms with Crippen molar-refractivity contribution in [2.45, 2.75) is 108 Å². The summed E-state index contributed by atoms with van der Waals surface area (Å²) < 4.78 is 86.2. The fourth-order valence-electron chi connectivity index (χ4n) is 6.25. The Morgan fingerprint density at radius 3 is 1.41 bits per heavy atom. The summed E-state index contributed by atoms with van der Waals surface area (Å²) >= 11 is 0. The summed E-state index contributed by atoms with van der Waals surface area (Å²) in [6, 6.07) is -1.55. The molecule has 0 saturated carbocycles. The minimum absolute atomic E-state index is 0.0808. The number of rotatable bonds is 16. The first-order chi connectivity index (χ1) is 20.0. The summed E-state index contributed by atoms with van der Waals surface area (Å²) in [4.78, 5) is 0. The van der Waals surface area contributed by atoms with Crippen molar-refractivity contribution in [3.63, 3.8) is 0 Å². The summed E-state index contributed by atoms with van der Waals surface area (Å²) in [5.41, 5.74) is -1.98. The first kappa shape index (κ1) is 39.0. The maximum atomic E-state index is 13.6. The smallest absolute Gasteiger partial charge is 0.328 e.